The predicted molar refractivity (Wildman–Crippen MR) is 131 cm³/mol. The molecule has 3 rings (SSSR count). The van der Waals surface area contributed by atoms with Gasteiger partial charge in [-0.15, -0.1) is 13.2 Å². The topological polar surface area (TPSA) is 96.9 Å². The number of nitrogens with one attached hydrogen (secondary N) is 2. The highest BCUT2D eigenvalue weighted by Crippen LogP contribution is 2.23. The summed E-state index contributed by atoms with van der Waals surface area (Å²) >= 11 is 0. The summed E-state index contributed by atoms with van der Waals surface area (Å²) in [6, 6.07) is 16.9. The van der Waals surface area contributed by atoms with Crippen LogP contribution in [0.4, 0.5) is 17.6 Å². The van der Waals surface area contributed by atoms with E-state index in [2.05, 4.69) is 15.4 Å². The first-order valence-electron chi connectivity index (χ1n) is 11.4. The van der Waals surface area contributed by atoms with Crippen LogP contribution in [0, 0.1) is 5.82 Å². The normalized spacial score (nSPS) is 11.6. The van der Waals surface area contributed by atoms with Crippen LogP contribution >= 0.6 is 0 Å². The van der Waals surface area contributed by atoms with Crippen molar-refractivity contribution < 1.29 is 41.7 Å². The van der Waals surface area contributed by atoms with E-state index in [1.165, 1.54) is 42.5 Å². The second kappa shape index (κ2) is 13.2. The molecule has 7 nitrogen and oxygen atoms in total. The number of hydrogen-bond donors (Lipinski definition) is 3. The summed E-state index contributed by atoms with van der Waals surface area (Å²) in [4.78, 5) is 25.3. The molecular formula is C27H24F4N2O5. The molecule has 0 aromatic heterocycles. The highest BCUT2D eigenvalue weighted by Gasteiger charge is 2.31. The fourth-order valence-electron chi connectivity index (χ4n) is 3.19. The van der Waals surface area contributed by atoms with Crippen molar-refractivity contribution in [2.24, 2.45) is 0 Å². The highest BCUT2D eigenvalue weighted by atomic mass is 19.4. The van der Waals surface area contributed by atoms with Gasteiger partial charge in [0, 0.05) is 18.5 Å². The first-order valence-corrected chi connectivity index (χ1v) is 11.4. The number of benzene rings is 3. The molecule has 0 spiro atoms. The van der Waals surface area contributed by atoms with Crippen LogP contribution in [0.5, 0.6) is 11.5 Å². The zero-order valence-electron chi connectivity index (χ0n) is 19.9. The second-order valence-corrected chi connectivity index (χ2v) is 7.86. The van der Waals surface area contributed by atoms with Gasteiger partial charge in [-0.05, 0) is 65.7 Å². The molecule has 3 aromatic rings. The quantitative estimate of drug-likeness (QED) is 0.254. The molecular weight excluding hydrogens is 508 g/mol. The van der Waals surface area contributed by atoms with E-state index in [1.807, 2.05) is 0 Å². The van der Waals surface area contributed by atoms with E-state index in [9.17, 15) is 27.2 Å². The maximum absolute atomic E-state index is 13.0. The SMILES string of the molecule is O=C(NCCO)C(=Cc1ccc(OC(F)(F)F)cc1)NC(=O)c1ccc(OCCc2ccc(F)cc2)cc1. The molecule has 3 aromatic carbocycles. The molecule has 0 heterocycles. The second-order valence-electron chi connectivity index (χ2n) is 7.86. The average molecular weight is 532 g/mol. The molecule has 0 unspecified atom stereocenters. The lowest BCUT2D eigenvalue weighted by Crippen LogP contribution is -2.36. The van der Waals surface area contributed by atoms with Crippen LogP contribution in [0.2, 0.25) is 0 Å². The van der Waals surface area contributed by atoms with Gasteiger partial charge in [-0.2, -0.15) is 0 Å². The number of ether oxygens (including phenoxy) is 2. The number of hydrogen-bond acceptors (Lipinski definition) is 5. The van der Waals surface area contributed by atoms with Gasteiger partial charge in [0.1, 0.15) is 23.0 Å². The molecule has 2 amide bonds. The van der Waals surface area contributed by atoms with Crippen molar-refractivity contribution in [2.75, 3.05) is 19.8 Å². The van der Waals surface area contributed by atoms with Crippen molar-refractivity contribution >= 4 is 17.9 Å². The number of alkyl halides is 3. The van der Waals surface area contributed by atoms with Crippen LogP contribution in [-0.2, 0) is 11.2 Å². The van der Waals surface area contributed by atoms with E-state index in [0.717, 1.165) is 17.7 Å². The Balaban J connectivity index is 1.65. The Morgan fingerprint density at radius 1 is 0.895 bits per heavy atom. The highest BCUT2D eigenvalue weighted by molar-refractivity contribution is 6.05. The lowest BCUT2D eigenvalue weighted by atomic mass is 10.1. The molecule has 200 valence electrons. The third-order valence-electron chi connectivity index (χ3n) is 5.00. The molecule has 0 saturated carbocycles. The van der Waals surface area contributed by atoms with E-state index in [1.54, 1.807) is 24.3 Å². The Morgan fingerprint density at radius 2 is 1.53 bits per heavy atom. The van der Waals surface area contributed by atoms with Crippen LogP contribution in [0.1, 0.15) is 21.5 Å². The summed E-state index contributed by atoms with van der Waals surface area (Å²) in [6.07, 6.45) is -3.01. The van der Waals surface area contributed by atoms with Gasteiger partial charge in [-0.25, -0.2) is 4.39 Å². The van der Waals surface area contributed by atoms with Crippen LogP contribution in [0.15, 0.2) is 78.5 Å². The lowest BCUT2D eigenvalue weighted by molar-refractivity contribution is -0.274. The van der Waals surface area contributed by atoms with E-state index >= 15 is 0 Å². The summed E-state index contributed by atoms with van der Waals surface area (Å²) in [5, 5.41) is 13.9. The maximum atomic E-state index is 13.0. The van der Waals surface area contributed by atoms with Gasteiger partial charge in [0.05, 0.1) is 13.2 Å². The van der Waals surface area contributed by atoms with Gasteiger partial charge in [-0.3, -0.25) is 9.59 Å². The predicted octanol–water partition coefficient (Wildman–Crippen LogP) is 4.23. The van der Waals surface area contributed by atoms with Gasteiger partial charge in [0.25, 0.3) is 11.8 Å². The van der Waals surface area contributed by atoms with Gasteiger partial charge in [0.2, 0.25) is 0 Å². The first-order chi connectivity index (χ1) is 18.1. The monoisotopic (exact) mass is 532 g/mol. The number of amides is 2. The number of rotatable bonds is 11. The Kier molecular flexibility index (Phi) is 9.83. The molecule has 0 aliphatic rings. The molecule has 11 heteroatoms. The third kappa shape index (κ3) is 9.25. The van der Waals surface area contributed by atoms with Crippen molar-refractivity contribution in [1.82, 2.24) is 10.6 Å². The standard InChI is InChI=1S/C27H24F4N2O5/c28-21-7-1-18(2-8-21)13-16-37-22-11-5-20(6-12-22)25(35)33-24(26(36)32-14-15-34)17-19-3-9-23(10-4-19)38-27(29,30)31/h1-12,17,34H,13-16H2,(H,32,36)(H,33,35). The number of aliphatic hydroxyl groups is 1. The molecule has 0 radical (unpaired) electrons. The zero-order chi connectivity index (χ0) is 27.5. The van der Waals surface area contributed by atoms with Crippen molar-refractivity contribution in [1.29, 1.82) is 0 Å². The van der Waals surface area contributed by atoms with Crippen molar-refractivity contribution in [3.8, 4) is 11.5 Å². The number of halogens is 4. The third-order valence-corrected chi connectivity index (χ3v) is 5.00. The van der Waals surface area contributed by atoms with Crippen LogP contribution in [0.25, 0.3) is 6.08 Å². The van der Waals surface area contributed by atoms with Crippen molar-refractivity contribution in [3.05, 3.63) is 101 Å². The minimum Gasteiger partial charge on any atom is -0.493 e. The fourth-order valence-corrected chi connectivity index (χ4v) is 3.19. The summed E-state index contributed by atoms with van der Waals surface area (Å²) in [5.74, 6) is -1.58. The minimum absolute atomic E-state index is 0.0750. The van der Waals surface area contributed by atoms with Crippen LogP contribution in [0.3, 0.4) is 0 Å². The number of carbonyl (C=O) groups excluding carboxylic acids is 2. The maximum Gasteiger partial charge on any atom is 0.573 e. The molecule has 0 fully saturated rings. The molecule has 0 bridgehead atoms. The van der Waals surface area contributed by atoms with E-state index in [0.29, 0.717) is 24.3 Å². The molecule has 38 heavy (non-hydrogen) atoms. The summed E-state index contributed by atoms with van der Waals surface area (Å²) in [6.45, 7) is -0.0741. The molecule has 3 N–H and O–H groups in total. The van der Waals surface area contributed by atoms with Crippen molar-refractivity contribution in [3.63, 3.8) is 0 Å². The Bertz CT molecular complexity index is 1240. The van der Waals surface area contributed by atoms with E-state index < -0.39 is 23.9 Å². The summed E-state index contributed by atoms with van der Waals surface area (Å²) < 4.78 is 59.6. The Hall–Kier alpha value is -4.38. The molecule has 0 aliphatic heterocycles. The number of carbonyl (C=O) groups is 2. The van der Waals surface area contributed by atoms with Crippen LogP contribution < -0.4 is 20.1 Å². The first kappa shape index (κ1) is 28.2. The lowest BCUT2D eigenvalue weighted by Gasteiger charge is -2.12. The van der Waals surface area contributed by atoms with Crippen molar-refractivity contribution in [2.45, 2.75) is 12.8 Å². The smallest absolute Gasteiger partial charge is 0.493 e. The van der Waals surface area contributed by atoms with Crippen LogP contribution in [-0.4, -0.2) is 43.0 Å². The summed E-state index contributed by atoms with van der Waals surface area (Å²) in [5.41, 5.74) is 1.25. The molecule has 0 saturated heterocycles. The molecule has 0 aliphatic carbocycles. The largest absolute Gasteiger partial charge is 0.573 e. The van der Waals surface area contributed by atoms with E-state index in [-0.39, 0.29) is 30.2 Å². The Morgan fingerprint density at radius 3 is 2.13 bits per heavy atom. The number of aliphatic hydroxyl groups excluding tert-OH is 1. The van der Waals surface area contributed by atoms with E-state index in [4.69, 9.17) is 9.84 Å². The average Bonchev–Trinajstić information content (AvgIpc) is 2.88. The summed E-state index contributed by atoms with van der Waals surface area (Å²) in [7, 11) is 0. The zero-order valence-corrected chi connectivity index (χ0v) is 19.9. The van der Waals surface area contributed by atoms with Gasteiger partial charge >= 0.3 is 6.36 Å². The fraction of sp³-hybridized carbons (Fsp3) is 0.185. The van der Waals surface area contributed by atoms with Gasteiger partial charge < -0.3 is 25.2 Å². The van der Waals surface area contributed by atoms with Gasteiger partial charge in [0.15, 0.2) is 0 Å². The molecule has 0 atom stereocenters. The Labute approximate surface area is 215 Å². The minimum atomic E-state index is -4.84. The van der Waals surface area contributed by atoms with Gasteiger partial charge in [-0.1, -0.05) is 24.3 Å².